The molecule has 2 bridgehead atoms. The van der Waals surface area contributed by atoms with Crippen molar-refractivity contribution in [1.29, 1.82) is 0 Å². The van der Waals surface area contributed by atoms with E-state index >= 15 is 0 Å². The number of fused-ring (bicyclic) bond motifs is 2. The molecule has 1 N–H and O–H groups in total. The van der Waals surface area contributed by atoms with Gasteiger partial charge in [-0.3, -0.25) is 4.90 Å². The Morgan fingerprint density at radius 2 is 2.07 bits per heavy atom. The third kappa shape index (κ3) is 2.73. The van der Waals surface area contributed by atoms with Gasteiger partial charge in [-0.25, -0.2) is 0 Å². The van der Waals surface area contributed by atoms with Gasteiger partial charge in [0.2, 0.25) is 0 Å². The van der Waals surface area contributed by atoms with E-state index in [0.29, 0.717) is 0 Å². The normalized spacial score (nSPS) is 30.6. The molecule has 0 aromatic rings. The van der Waals surface area contributed by atoms with Crippen LogP contribution >= 0.6 is 0 Å². The van der Waals surface area contributed by atoms with E-state index in [4.69, 9.17) is 0 Å². The van der Waals surface area contributed by atoms with Crippen molar-refractivity contribution in [3.8, 4) is 0 Å². The topological polar surface area (TPSA) is 15.3 Å². The van der Waals surface area contributed by atoms with E-state index in [0.717, 1.165) is 18.0 Å². The molecule has 0 spiro atoms. The maximum Gasteiger partial charge on any atom is 0.0110 e. The Kier molecular flexibility index (Phi) is 4.04. The Bertz CT molecular complexity index is 189. The summed E-state index contributed by atoms with van der Waals surface area (Å²) in [5.74, 6) is 1.04. The van der Waals surface area contributed by atoms with Gasteiger partial charge in [0.05, 0.1) is 0 Å². The molecule has 2 atom stereocenters. The third-order valence-electron chi connectivity index (χ3n) is 4.34. The molecule has 2 fully saturated rings. The zero-order valence-corrected chi connectivity index (χ0v) is 10.3. The van der Waals surface area contributed by atoms with Crippen LogP contribution in [0.2, 0.25) is 0 Å². The molecule has 2 heteroatoms. The third-order valence-corrected chi connectivity index (χ3v) is 4.34. The lowest BCUT2D eigenvalue weighted by atomic mass is 10.1. The van der Waals surface area contributed by atoms with Gasteiger partial charge in [-0.05, 0) is 38.0 Å². The highest BCUT2D eigenvalue weighted by Crippen LogP contribution is 2.36. The van der Waals surface area contributed by atoms with Crippen LogP contribution in [0, 0.1) is 5.92 Å². The second-order valence-electron chi connectivity index (χ2n) is 5.30. The predicted octanol–water partition coefficient (Wildman–Crippen LogP) is 2.25. The molecule has 2 unspecified atom stereocenters. The summed E-state index contributed by atoms with van der Waals surface area (Å²) in [6.45, 7) is 8.40. The van der Waals surface area contributed by atoms with Gasteiger partial charge in [0, 0.05) is 31.7 Å². The lowest BCUT2D eigenvalue weighted by molar-refractivity contribution is 0.211. The average molecular weight is 210 g/mol. The quantitative estimate of drug-likeness (QED) is 0.723. The first-order valence-electron chi connectivity index (χ1n) is 6.80. The molecule has 0 aromatic heterocycles. The fourth-order valence-corrected chi connectivity index (χ4v) is 3.29. The van der Waals surface area contributed by atoms with Gasteiger partial charge in [-0.15, -0.1) is 0 Å². The number of hydrogen-bond donors (Lipinski definition) is 1. The summed E-state index contributed by atoms with van der Waals surface area (Å²) in [5, 5.41) is 3.66. The minimum Gasteiger partial charge on any atom is -0.313 e. The Balaban J connectivity index is 1.62. The van der Waals surface area contributed by atoms with Gasteiger partial charge in [0.25, 0.3) is 0 Å². The summed E-state index contributed by atoms with van der Waals surface area (Å²) >= 11 is 0. The van der Waals surface area contributed by atoms with Crippen molar-refractivity contribution in [1.82, 2.24) is 10.2 Å². The summed E-state index contributed by atoms with van der Waals surface area (Å²) in [5.41, 5.74) is 0. The van der Waals surface area contributed by atoms with Crippen molar-refractivity contribution in [2.75, 3.05) is 19.6 Å². The zero-order valence-electron chi connectivity index (χ0n) is 10.3. The minimum atomic E-state index is 0.741. The molecular weight excluding hydrogens is 184 g/mol. The summed E-state index contributed by atoms with van der Waals surface area (Å²) in [7, 11) is 0. The number of piperidine rings is 1. The van der Waals surface area contributed by atoms with E-state index in [1.807, 2.05) is 0 Å². The number of nitrogens with one attached hydrogen (secondary N) is 1. The lowest BCUT2D eigenvalue weighted by Gasteiger charge is -2.27. The lowest BCUT2D eigenvalue weighted by Crippen LogP contribution is -2.40. The van der Waals surface area contributed by atoms with E-state index in [-0.39, 0.29) is 0 Å². The monoisotopic (exact) mass is 210 g/mol. The first kappa shape index (κ1) is 11.4. The Morgan fingerprint density at radius 3 is 2.60 bits per heavy atom. The number of nitrogens with zero attached hydrogens (tertiary/aromatic N) is 1. The highest BCUT2D eigenvalue weighted by Gasteiger charge is 2.36. The van der Waals surface area contributed by atoms with Gasteiger partial charge in [-0.1, -0.05) is 13.8 Å². The van der Waals surface area contributed by atoms with Crippen LogP contribution in [0.1, 0.15) is 46.0 Å². The SMILES string of the molecule is CCC(CC)NCCN1CC2CCC1C2. The van der Waals surface area contributed by atoms with Gasteiger partial charge in [0.1, 0.15) is 0 Å². The molecule has 2 rings (SSSR count). The highest BCUT2D eigenvalue weighted by molar-refractivity contribution is 4.92. The Morgan fingerprint density at radius 1 is 1.27 bits per heavy atom. The van der Waals surface area contributed by atoms with Crippen LogP contribution in [0.15, 0.2) is 0 Å². The van der Waals surface area contributed by atoms with Gasteiger partial charge in [-0.2, -0.15) is 0 Å². The average Bonchev–Trinajstić information content (AvgIpc) is 2.86. The summed E-state index contributed by atoms with van der Waals surface area (Å²) < 4.78 is 0. The number of rotatable bonds is 6. The molecule has 0 aromatic carbocycles. The van der Waals surface area contributed by atoms with Crippen LogP contribution < -0.4 is 5.32 Å². The maximum absolute atomic E-state index is 3.66. The van der Waals surface area contributed by atoms with Crippen molar-refractivity contribution in [3.63, 3.8) is 0 Å². The van der Waals surface area contributed by atoms with E-state index in [2.05, 4.69) is 24.1 Å². The molecule has 2 aliphatic rings. The molecule has 1 aliphatic carbocycles. The predicted molar refractivity (Wildman–Crippen MR) is 65.1 cm³/mol. The summed E-state index contributed by atoms with van der Waals surface area (Å²) in [6.07, 6.45) is 6.99. The second kappa shape index (κ2) is 5.31. The fraction of sp³-hybridized carbons (Fsp3) is 1.00. The van der Waals surface area contributed by atoms with E-state index in [1.165, 1.54) is 51.7 Å². The van der Waals surface area contributed by atoms with Gasteiger partial charge >= 0.3 is 0 Å². The molecule has 1 aliphatic heterocycles. The Hall–Kier alpha value is -0.0800. The van der Waals surface area contributed by atoms with E-state index in [1.54, 1.807) is 0 Å². The van der Waals surface area contributed by atoms with Crippen LogP contribution in [-0.2, 0) is 0 Å². The van der Waals surface area contributed by atoms with Crippen molar-refractivity contribution in [3.05, 3.63) is 0 Å². The number of likely N-dealkylation sites (tertiary alicyclic amines) is 1. The van der Waals surface area contributed by atoms with Gasteiger partial charge in [0.15, 0.2) is 0 Å². The smallest absolute Gasteiger partial charge is 0.0110 e. The van der Waals surface area contributed by atoms with Crippen LogP contribution in [0.4, 0.5) is 0 Å². The standard InChI is InChI=1S/C13H26N2/c1-3-12(4-2)14-7-8-15-10-11-5-6-13(15)9-11/h11-14H,3-10H2,1-2H3. The molecule has 0 amide bonds. The van der Waals surface area contributed by atoms with Crippen molar-refractivity contribution < 1.29 is 0 Å². The summed E-state index contributed by atoms with van der Waals surface area (Å²) in [4.78, 5) is 2.71. The Labute approximate surface area is 94.4 Å². The van der Waals surface area contributed by atoms with Crippen molar-refractivity contribution in [2.45, 2.75) is 58.0 Å². The fourth-order valence-electron chi connectivity index (χ4n) is 3.29. The van der Waals surface area contributed by atoms with E-state index in [9.17, 15) is 0 Å². The molecule has 2 nitrogen and oxygen atoms in total. The largest absolute Gasteiger partial charge is 0.313 e. The van der Waals surface area contributed by atoms with Crippen LogP contribution in [0.25, 0.3) is 0 Å². The highest BCUT2D eigenvalue weighted by atomic mass is 15.2. The van der Waals surface area contributed by atoms with Crippen LogP contribution in [0.5, 0.6) is 0 Å². The second-order valence-corrected chi connectivity index (χ2v) is 5.30. The zero-order chi connectivity index (χ0) is 10.7. The van der Waals surface area contributed by atoms with Gasteiger partial charge < -0.3 is 5.32 Å². The van der Waals surface area contributed by atoms with Crippen LogP contribution in [-0.4, -0.2) is 36.6 Å². The van der Waals surface area contributed by atoms with E-state index < -0.39 is 0 Å². The molecule has 1 heterocycles. The summed E-state index contributed by atoms with van der Waals surface area (Å²) in [6, 6.07) is 1.68. The maximum atomic E-state index is 3.66. The van der Waals surface area contributed by atoms with Crippen molar-refractivity contribution >= 4 is 0 Å². The number of hydrogen-bond acceptors (Lipinski definition) is 2. The minimum absolute atomic E-state index is 0.741. The molecule has 1 saturated heterocycles. The molecule has 15 heavy (non-hydrogen) atoms. The first-order valence-corrected chi connectivity index (χ1v) is 6.80. The van der Waals surface area contributed by atoms with Crippen LogP contribution in [0.3, 0.4) is 0 Å². The molecular formula is C13H26N2. The molecule has 1 saturated carbocycles. The molecule has 88 valence electrons. The van der Waals surface area contributed by atoms with Crippen molar-refractivity contribution in [2.24, 2.45) is 5.92 Å². The molecule has 0 radical (unpaired) electrons. The first-order chi connectivity index (χ1) is 7.33.